The quantitative estimate of drug-likeness (QED) is 0.738. The van der Waals surface area contributed by atoms with E-state index in [0.29, 0.717) is 5.56 Å². The van der Waals surface area contributed by atoms with Crippen molar-refractivity contribution in [2.75, 3.05) is 0 Å². The molecule has 0 amide bonds. The minimum Gasteiger partial charge on any atom is -0.455 e. The standard InChI is InChI=1S/C17H22O2/c1-3-14-8-10-15(11-9-14)16(18)19-17(4-2)12-6-5-7-13-17/h3,8-11H,1,4-7,12-13H2,2H3. The highest BCUT2D eigenvalue weighted by molar-refractivity contribution is 5.90. The van der Waals surface area contributed by atoms with Gasteiger partial charge in [0.25, 0.3) is 0 Å². The number of benzene rings is 1. The maximum atomic E-state index is 12.2. The maximum Gasteiger partial charge on any atom is 0.338 e. The Morgan fingerprint density at radius 1 is 1.26 bits per heavy atom. The minimum atomic E-state index is -0.230. The van der Waals surface area contributed by atoms with Crippen molar-refractivity contribution in [3.8, 4) is 0 Å². The van der Waals surface area contributed by atoms with Gasteiger partial charge in [-0.1, -0.05) is 38.1 Å². The molecule has 0 radical (unpaired) electrons. The molecule has 1 aliphatic rings. The van der Waals surface area contributed by atoms with Gasteiger partial charge in [0, 0.05) is 0 Å². The predicted molar refractivity (Wildman–Crippen MR) is 78.1 cm³/mol. The van der Waals surface area contributed by atoms with Gasteiger partial charge in [-0.15, -0.1) is 0 Å². The number of carbonyl (C=O) groups excluding carboxylic acids is 1. The number of carbonyl (C=O) groups is 1. The molecular weight excluding hydrogens is 236 g/mol. The number of esters is 1. The van der Waals surface area contributed by atoms with Crippen molar-refractivity contribution in [2.24, 2.45) is 0 Å². The van der Waals surface area contributed by atoms with Gasteiger partial charge in [-0.25, -0.2) is 4.79 Å². The van der Waals surface area contributed by atoms with Crippen molar-refractivity contribution in [3.05, 3.63) is 42.0 Å². The molecule has 2 heteroatoms. The number of rotatable bonds is 4. The van der Waals surface area contributed by atoms with E-state index < -0.39 is 0 Å². The summed E-state index contributed by atoms with van der Waals surface area (Å²) in [4.78, 5) is 12.2. The molecule has 0 spiro atoms. The van der Waals surface area contributed by atoms with E-state index >= 15 is 0 Å². The van der Waals surface area contributed by atoms with Crippen LogP contribution in [0.5, 0.6) is 0 Å². The largest absolute Gasteiger partial charge is 0.455 e. The second-order valence-corrected chi connectivity index (χ2v) is 5.31. The molecule has 1 aromatic carbocycles. The van der Waals surface area contributed by atoms with Gasteiger partial charge >= 0.3 is 5.97 Å². The summed E-state index contributed by atoms with van der Waals surface area (Å²) in [5.74, 6) is -0.195. The third kappa shape index (κ3) is 3.25. The van der Waals surface area contributed by atoms with Gasteiger partial charge in [0.15, 0.2) is 0 Å². The summed E-state index contributed by atoms with van der Waals surface area (Å²) in [6.07, 6.45) is 8.26. The first-order valence-electron chi connectivity index (χ1n) is 7.15. The van der Waals surface area contributed by atoms with Crippen molar-refractivity contribution in [3.63, 3.8) is 0 Å². The number of hydrogen-bond donors (Lipinski definition) is 0. The fourth-order valence-corrected chi connectivity index (χ4v) is 2.73. The molecule has 0 saturated heterocycles. The molecule has 1 aromatic rings. The fraction of sp³-hybridized carbons (Fsp3) is 0.471. The highest BCUT2D eigenvalue weighted by Crippen LogP contribution is 2.35. The van der Waals surface area contributed by atoms with Crippen LogP contribution in [0.2, 0.25) is 0 Å². The van der Waals surface area contributed by atoms with Crippen LogP contribution in [0.3, 0.4) is 0 Å². The summed E-state index contributed by atoms with van der Waals surface area (Å²) in [6, 6.07) is 7.41. The summed E-state index contributed by atoms with van der Waals surface area (Å²) >= 11 is 0. The molecule has 2 nitrogen and oxygen atoms in total. The van der Waals surface area contributed by atoms with E-state index in [1.54, 1.807) is 6.08 Å². The third-order valence-electron chi connectivity index (χ3n) is 4.10. The van der Waals surface area contributed by atoms with E-state index in [9.17, 15) is 4.79 Å². The van der Waals surface area contributed by atoms with E-state index in [1.807, 2.05) is 24.3 Å². The zero-order valence-electron chi connectivity index (χ0n) is 11.7. The van der Waals surface area contributed by atoms with Gasteiger partial charge in [0.05, 0.1) is 5.56 Å². The first-order valence-corrected chi connectivity index (χ1v) is 7.15. The molecule has 0 bridgehead atoms. The molecule has 0 aliphatic heterocycles. The summed E-state index contributed by atoms with van der Waals surface area (Å²) < 4.78 is 5.82. The van der Waals surface area contributed by atoms with Crippen LogP contribution in [0.25, 0.3) is 6.08 Å². The Bertz CT molecular complexity index is 439. The van der Waals surface area contributed by atoms with Crippen LogP contribution in [-0.2, 0) is 4.74 Å². The lowest BCUT2D eigenvalue weighted by Crippen LogP contribution is -2.36. The van der Waals surface area contributed by atoms with Gasteiger partial charge in [-0.3, -0.25) is 0 Å². The molecule has 0 unspecified atom stereocenters. The second-order valence-electron chi connectivity index (χ2n) is 5.31. The molecule has 2 rings (SSSR count). The Balaban J connectivity index is 2.08. The van der Waals surface area contributed by atoms with Gasteiger partial charge in [-0.2, -0.15) is 0 Å². The van der Waals surface area contributed by atoms with Crippen LogP contribution < -0.4 is 0 Å². The van der Waals surface area contributed by atoms with Gasteiger partial charge < -0.3 is 4.74 Å². The van der Waals surface area contributed by atoms with E-state index in [4.69, 9.17) is 4.74 Å². The summed E-state index contributed by atoms with van der Waals surface area (Å²) in [7, 11) is 0. The van der Waals surface area contributed by atoms with Crippen molar-refractivity contribution in [1.29, 1.82) is 0 Å². The van der Waals surface area contributed by atoms with Crippen molar-refractivity contribution >= 4 is 12.0 Å². The van der Waals surface area contributed by atoms with E-state index in [-0.39, 0.29) is 11.6 Å². The highest BCUT2D eigenvalue weighted by atomic mass is 16.6. The third-order valence-corrected chi connectivity index (χ3v) is 4.10. The van der Waals surface area contributed by atoms with Crippen LogP contribution in [0.1, 0.15) is 61.4 Å². The normalized spacial score (nSPS) is 17.7. The van der Waals surface area contributed by atoms with Crippen LogP contribution in [0.15, 0.2) is 30.8 Å². The molecule has 0 N–H and O–H groups in total. The summed E-state index contributed by atoms with van der Waals surface area (Å²) in [6.45, 7) is 5.82. The lowest BCUT2D eigenvalue weighted by Gasteiger charge is -2.36. The van der Waals surface area contributed by atoms with E-state index in [0.717, 1.165) is 37.7 Å². The average molecular weight is 258 g/mol. The van der Waals surface area contributed by atoms with Crippen LogP contribution in [-0.4, -0.2) is 11.6 Å². The smallest absolute Gasteiger partial charge is 0.338 e. The molecule has 1 fully saturated rings. The monoisotopic (exact) mass is 258 g/mol. The Hall–Kier alpha value is -1.57. The molecule has 102 valence electrons. The zero-order chi connectivity index (χ0) is 13.7. The topological polar surface area (TPSA) is 26.3 Å². The van der Waals surface area contributed by atoms with Gasteiger partial charge in [-0.05, 0) is 49.8 Å². The van der Waals surface area contributed by atoms with Gasteiger partial charge in [0.1, 0.15) is 5.60 Å². The Kier molecular flexibility index (Phi) is 4.41. The molecule has 0 atom stereocenters. The Morgan fingerprint density at radius 3 is 2.42 bits per heavy atom. The molecule has 1 saturated carbocycles. The Morgan fingerprint density at radius 2 is 1.89 bits per heavy atom. The van der Waals surface area contributed by atoms with Crippen molar-refractivity contribution < 1.29 is 9.53 Å². The van der Waals surface area contributed by atoms with E-state index in [2.05, 4.69) is 13.5 Å². The molecule has 0 aromatic heterocycles. The first-order chi connectivity index (χ1) is 9.19. The average Bonchev–Trinajstić information content (AvgIpc) is 2.48. The predicted octanol–water partition coefficient (Wildman–Crippen LogP) is 4.60. The highest BCUT2D eigenvalue weighted by Gasteiger charge is 2.34. The van der Waals surface area contributed by atoms with Crippen LogP contribution in [0, 0.1) is 0 Å². The molecule has 0 heterocycles. The maximum absolute atomic E-state index is 12.2. The molecule has 1 aliphatic carbocycles. The number of ether oxygens (including phenoxy) is 1. The molecular formula is C17H22O2. The van der Waals surface area contributed by atoms with Gasteiger partial charge in [0.2, 0.25) is 0 Å². The number of hydrogen-bond acceptors (Lipinski definition) is 2. The van der Waals surface area contributed by atoms with E-state index in [1.165, 1.54) is 6.42 Å². The lowest BCUT2D eigenvalue weighted by atomic mass is 9.82. The molecule has 19 heavy (non-hydrogen) atoms. The van der Waals surface area contributed by atoms with Crippen LogP contribution >= 0.6 is 0 Å². The minimum absolute atomic E-state index is 0.195. The summed E-state index contributed by atoms with van der Waals surface area (Å²) in [5.41, 5.74) is 1.41. The lowest BCUT2D eigenvalue weighted by molar-refractivity contribution is -0.0397. The SMILES string of the molecule is C=Cc1ccc(C(=O)OC2(CC)CCCCC2)cc1. The zero-order valence-corrected chi connectivity index (χ0v) is 11.7. The summed E-state index contributed by atoms with van der Waals surface area (Å²) in [5, 5.41) is 0. The second kappa shape index (κ2) is 6.05. The fourth-order valence-electron chi connectivity index (χ4n) is 2.73. The first kappa shape index (κ1) is 13.9. The van der Waals surface area contributed by atoms with Crippen LogP contribution in [0.4, 0.5) is 0 Å². The Labute approximate surface area is 115 Å². The van der Waals surface area contributed by atoms with Crippen molar-refractivity contribution in [1.82, 2.24) is 0 Å². The van der Waals surface area contributed by atoms with Crippen molar-refractivity contribution in [2.45, 2.75) is 51.0 Å².